The molecule has 0 aromatic heterocycles. The van der Waals surface area contributed by atoms with Crippen LogP contribution in [0, 0.1) is 0 Å². The van der Waals surface area contributed by atoms with Crippen LogP contribution in [0.2, 0.25) is 0 Å². The summed E-state index contributed by atoms with van der Waals surface area (Å²) in [6.07, 6.45) is -5.46. The van der Waals surface area contributed by atoms with Gasteiger partial charge in [0.25, 0.3) is 0 Å². The predicted molar refractivity (Wildman–Crippen MR) is 92.9 cm³/mol. The van der Waals surface area contributed by atoms with E-state index in [1.54, 1.807) is 0 Å². The molecule has 0 spiro atoms. The van der Waals surface area contributed by atoms with Crippen LogP contribution >= 0.6 is 0 Å². The first-order valence-corrected chi connectivity index (χ1v) is 8.16. The summed E-state index contributed by atoms with van der Waals surface area (Å²) in [6.45, 7) is 4.25. The van der Waals surface area contributed by atoms with Gasteiger partial charge in [-0.2, -0.15) is 13.2 Å². The van der Waals surface area contributed by atoms with Crippen molar-refractivity contribution >= 4 is 6.09 Å². The quantitative estimate of drug-likeness (QED) is 0.776. The molecule has 1 amide bonds. The molecule has 0 bridgehead atoms. The van der Waals surface area contributed by atoms with Gasteiger partial charge in [-0.05, 0) is 29.2 Å². The molecule has 2 aromatic carbocycles. The zero-order valence-corrected chi connectivity index (χ0v) is 14.1. The third kappa shape index (κ3) is 3.45. The molecule has 0 radical (unpaired) electrons. The van der Waals surface area contributed by atoms with Crippen LogP contribution in [0.1, 0.15) is 24.0 Å². The summed E-state index contributed by atoms with van der Waals surface area (Å²) in [7, 11) is 0. The second kappa shape index (κ2) is 6.86. The van der Waals surface area contributed by atoms with Gasteiger partial charge in [-0.3, -0.25) is 0 Å². The number of rotatable bonds is 4. The molecule has 2 aromatic rings. The van der Waals surface area contributed by atoms with Gasteiger partial charge in [-0.1, -0.05) is 55.1 Å². The fourth-order valence-electron chi connectivity index (χ4n) is 3.15. The van der Waals surface area contributed by atoms with Crippen molar-refractivity contribution in [1.82, 2.24) is 5.32 Å². The lowest BCUT2D eigenvalue weighted by atomic mass is 9.98. The molecule has 6 heteroatoms. The maximum absolute atomic E-state index is 12.6. The number of amides is 1. The topological polar surface area (TPSA) is 38.3 Å². The van der Waals surface area contributed by atoms with Gasteiger partial charge in [0.05, 0.1) is 6.04 Å². The second-order valence-corrected chi connectivity index (χ2v) is 6.21. The molecule has 0 fully saturated rings. The van der Waals surface area contributed by atoms with Gasteiger partial charge in [0.15, 0.2) is 0 Å². The van der Waals surface area contributed by atoms with E-state index in [2.05, 4.69) is 11.9 Å². The zero-order chi connectivity index (χ0) is 18.9. The van der Waals surface area contributed by atoms with Crippen molar-refractivity contribution in [1.29, 1.82) is 0 Å². The highest BCUT2D eigenvalue weighted by molar-refractivity contribution is 5.79. The normalized spacial score (nSPS) is 14.3. The van der Waals surface area contributed by atoms with Crippen LogP contribution in [0.4, 0.5) is 18.0 Å². The summed E-state index contributed by atoms with van der Waals surface area (Å²) in [5, 5.41) is 2.18. The summed E-state index contributed by atoms with van der Waals surface area (Å²) in [6, 6.07) is 14.4. The molecular weight excluding hydrogens is 343 g/mol. The number of ether oxygens (including phenoxy) is 1. The molecule has 1 atom stereocenters. The molecule has 0 heterocycles. The molecule has 3 nitrogen and oxygen atoms in total. The predicted octanol–water partition coefficient (Wildman–Crippen LogP) is 5.03. The summed E-state index contributed by atoms with van der Waals surface area (Å²) < 4.78 is 43.1. The van der Waals surface area contributed by atoms with Crippen molar-refractivity contribution in [2.45, 2.75) is 25.1 Å². The summed E-state index contributed by atoms with van der Waals surface area (Å²) in [4.78, 5) is 11.9. The van der Waals surface area contributed by atoms with E-state index in [1.807, 2.05) is 48.5 Å². The Labute approximate surface area is 149 Å². The molecule has 1 unspecified atom stereocenters. The number of benzene rings is 2. The number of hydrogen-bond donors (Lipinski definition) is 1. The Hall–Kier alpha value is -2.76. The fourth-order valence-corrected chi connectivity index (χ4v) is 3.15. The average Bonchev–Trinajstić information content (AvgIpc) is 2.92. The van der Waals surface area contributed by atoms with Crippen LogP contribution in [0.25, 0.3) is 11.1 Å². The molecule has 136 valence electrons. The highest BCUT2D eigenvalue weighted by atomic mass is 19.4. The van der Waals surface area contributed by atoms with Gasteiger partial charge in [0, 0.05) is 11.5 Å². The van der Waals surface area contributed by atoms with Gasteiger partial charge >= 0.3 is 12.3 Å². The number of alkyl carbamates (subject to hydrolysis) is 1. The summed E-state index contributed by atoms with van der Waals surface area (Å²) in [5.41, 5.74) is 3.21. The molecule has 0 saturated carbocycles. The monoisotopic (exact) mass is 361 g/mol. The zero-order valence-electron chi connectivity index (χ0n) is 14.1. The highest BCUT2D eigenvalue weighted by Crippen LogP contribution is 2.44. The number of carbonyl (C=O) groups is 1. The van der Waals surface area contributed by atoms with E-state index in [0.717, 1.165) is 22.3 Å². The Morgan fingerprint density at radius 1 is 1.12 bits per heavy atom. The second-order valence-electron chi connectivity index (χ2n) is 6.21. The number of fused-ring (bicyclic) bond motifs is 3. The summed E-state index contributed by atoms with van der Waals surface area (Å²) >= 11 is 0. The van der Waals surface area contributed by atoms with Crippen molar-refractivity contribution in [3.8, 4) is 11.1 Å². The Kier molecular flexibility index (Phi) is 4.76. The van der Waals surface area contributed by atoms with Crippen molar-refractivity contribution in [2.24, 2.45) is 0 Å². The maximum Gasteiger partial charge on any atom is 0.414 e. The van der Waals surface area contributed by atoms with Crippen molar-refractivity contribution in [3.63, 3.8) is 0 Å². The van der Waals surface area contributed by atoms with Crippen LogP contribution in [-0.2, 0) is 4.74 Å². The largest absolute Gasteiger partial charge is 0.449 e. The minimum Gasteiger partial charge on any atom is -0.449 e. The number of halogens is 3. The fraction of sp³-hybridized carbons (Fsp3) is 0.250. The number of nitrogens with one attached hydrogen (secondary N) is 1. The van der Waals surface area contributed by atoms with E-state index in [0.29, 0.717) is 0 Å². The first-order valence-electron chi connectivity index (χ1n) is 8.16. The molecule has 1 aliphatic carbocycles. The lowest BCUT2D eigenvalue weighted by Gasteiger charge is -2.20. The molecule has 0 saturated heterocycles. The SMILES string of the molecule is C=C(C(C)NC(=O)OCC1c2ccccc2-c2ccccc21)C(F)(F)F. The average molecular weight is 361 g/mol. The Balaban J connectivity index is 1.69. The van der Waals surface area contributed by atoms with Crippen molar-refractivity contribution < 1.29 is 22.7 Å². The van der Waals surface area contributed by atoms with Crippen molar-refractivity contribution in [3.05, 3.63) is 71.8 Å². The van der Waals surface area contributed by atoms with E-state index in [1.165, 1.54) is 6.92 Å². The first kappa shape index (κ1) is 18.0. The van der Waals surface area contributed by atoms with Gasteiger partial charge < -0.3 is 10.1 Å². The molecule has 3 rings (SSSR count). The van der Waals surface area contributed by atoms with Gasteiger partial charge in [-0.15, -0.1) is 0 Å². The molecule has 1 N–H and O–H groups in total. The van der Waals surface area contributed by atoms with E-state index in [4.69, 9.17) is 4.74 Å². The van der Waals surface area contributed by atoms with Crippen LogP contribution in [0.3, 0.4) is 0 Å². The van der Waals surface area contributed by atoms with Gasteiger partial charge in [0.1, 0.15) is 6.61 Å². The molecule has 26 heavy (non-hydrogen) atoms. The minimum absolute atomic E-state index is 0.0467. The third-order valence-corrected chi connectivity index (χ3v) is 4.56. The highest BCUT2D eigenvalue weighted by Gasteiger charge is 2.36. The van der Waals surface area contributed by atoms with Crippen LogP contribution < -0.4 is 5.32 Å². The van der Waals surface area contributed by atoms with Crippen molar-refractivity contribution in [2.75, 3.05) is 6.61 Å². The molecular formula is C20H18F3NO2. The van der Waals surface area contributed by atoms with E-state index < -0.39 is 23.9 Å². The van der Waals surface area contributed by atoms with E-state index >= 15 is 0 Å². The Morgan fingerprint density at radius 3 is 2.12 bits per heavy atom. The number of alkyl halides is 3. The Morgan fingerprint density at radius 2 is 1.62 bits per heavy atom. The standard InChI is InChI=1S/C20H18F3NO2/c1-12(20(21,22)23)13(2)24-19(25)26-11-18-16-9-5-3-7-14(16)15-8-4-6-10-17(15)18/h3-10,13,18H,1,11H2,2H3,(H,24,25). The smallest absolute Gasteiger partial charge is 0.414 e. The molecule has 0 aliphatic heterocycles. The van der Waals surface area contributed by atoms with E-state index in [9.17, 15) is 18.0 Å². The maximum atomic E-state index is 12.6. The van der Waals surface area contributed by atoms with E-state index in [-0.39, 0.29) is 12.5 Å². The minimum atomic E-state index is -4.56. The molecule has 1 aliphatic rings. The number of carbonyl (C=O) groups excluding carboxylic acids is 1. The Bertz CT molecular complexity index is 799. The van der Waals surface area contributed by atoms with Gasteiger partial charge in [0.2, 0.25) is 0 Å². The summed E-state index contributed by atoms with van der Waals surface area (Å²) in [5.74, 6) is -0.144. The van der Waals surface area contributed by atoms with Crippen LogP contribution in [-0.4, -0.2) is 24.9 Å². The third-order valence-electron chi connectivity index (χ3n) is 4.56. The number of hydrogen-bond acceptors (Lipinski definition) is 2. The van der Waals surface area contributed by atoms with Crippen LogP contribution in [0.5, 0.6) is 0 Å². The lowest BCUT2D eigenvalue weighted by Crippen LogP contribution is -2.38. The first-order chi connectivity index (χ1) is 12.3. The van der Waals surface area contributed by atoms with Gasteiger partial charge in [-0.25, -0.2) is 4.79 Å². The van der Waals surface area contributed by atoms with Crippen LogP contribution in [0.15, 0.2) is 60.7 Å². The lowest BCUT2D eigenvalue weighted by molar-refractivity contribution is -0.0954.